The van der Waals surface area contributed by atoms with E-state index in [0.29, 0.717) is 0 Å². The van der Waals surface area contributed by atoms with Crippen LogP contribution in [0.25, 0.3) is 5.52 Å². The first-order chi connectivity index (χ1) is 5.70. The second-order valence-corrected chi connectivity index (χ2v) is 2.69. The zero-order valence-electron chi connectivity index (χ0n) is 5.96. The van der Waals surface area contributed by atoms with E-state index in [4.69, 9.17) is 17.3 Å². The van der Waals surface area contributed by atoms with Gasteiger partial charge >= 0.3 is 0 Å². The van der Waals surface area contributed by atoms with Crippen molar-refractivity contribution in [2.45, 2.75) is 0 Å². The highest BCUT2D eigenvalue weighted by Gasteiger charge is 2.09. The van der Waals surface area contributed by atoms with Gasteiger partial charge in [-0.25, -0.2) is 9.37 Å². The smallest absolute Gasteiger partial charge is 0.206 e. The molecular weight excluding hydrogens is 181 g/mol. The Kier molecular flexibility index (Phi) is 1.44. The van der Waals surface area contributed by atoms with Crippen molar-refractivity contribution in [2.24, 2.45) is 0 Å². The number of hydrogen-bond acceptors (Lipinski definition) is 2. The van der Waals surface area contributed by atoms with Gasteiger partial charge in [0, 0.05) is 6.20 Å². The predicted molar refractivity (Wildman–Crippen MR) is 44.6 cm³/mol. The Bertz CT molecular complexity index is 437. The molecule has 62 valence electrons. The van der Waals surface area contributed by atoms with Crippen LogP contribution in [0.4, 0.5) is 10.3 Å². The molecule has 0 aliphatic carbocycles. The number of fused-ring (bicyclic) bond motifs is 1. The maximum atomic E-state index is 13.1. The van der Waals surface area contributed by atoms with Crippen LogP contribution in [0.2, 0.25) is 5.15 Å². The van der Waals surface area contributed by atoms with Gasteiger partial charge in [0.2, 0.25) is 5.95 Å². The summed E-state index contributed by atoms with van der Waals surface area (Å²) in [5.41, 5.74) is 5.67. The lowest BCUT2D eigenvalue weighted by Gasteiger charge is -1.94. The van der Waals surface area contributed by atoms with Crippen molar-refractivity contribution >= 4 is 23.1 Å². The minimum atomic E-state index is -0.424. The molecule has 0 saturated heterocycles. The topological polar surface area (TPSA) is 43.3 Å². The third kappa shape index (κ3) is 0.848. The van der Waals surface area contributed by atoms with Crippen LogP contribution in [-0.2, 0) is 0 Å². The molecule has 0 unspecified atom stereocenters. The summed E-state index contributed by atoms with van der Waals surface area (Å²) < 4.78 is 14.5. The highest BCUT2D eigenvalue weighted by atomic mass is 35.5. The van der Waals surface area contributed by atoms with Crippen LogP contribution >= 0.6 is 11.6 Å². The molecule has 2 aromatic heterocycles. The van der Waals surface area contributed by atoms with Gasteiger partial charge in [-0.3, -0.25) is 4.40 Å². The maximum Gasteiger partial charge on any atom is 0.206 e. The Balaban J connectivity index is 2.99. The SMILES string of the molecule is Nc1nc(Cl)c2c(F)cccn12. The van der Waals surface area contributed by atoms with Crippen molar-refractivity contribution in [3.8, 4) is 0 Å². The van der Waals surface area contributed by atoms with E-state index in [2.05, 4.69) is 4.98 Å². The van der Waals surface area contributed by atoms with E-state index >= 15 is 0 Å². The van der Waals surface area contributed by atoms with Crippen LogP contribution in [0.3, 0.4) is 0 Å². The summed E-state index contributed by atoms with van der Waals surface area (Å²) in [4.78, 5) is 3.72. The van der Waals surface area contributed by atoms with Crippen molar-refractivity contribution in [1.82, 2.24) is 9.38 Å². The van der Waals surface area contributed by atoms with Crippen LogP contribution in [0.1, 0.15) is 0 Å². The van der Waals surface area contributed by atoms with Gasteiger partial charge in [-0.05, 0) is 12.1 Å². The summed E-state index contributed by atoms with van der Waals surface area (Å²) in [5.74, 6) is -0.235. The third-order valence-electron chi connectivity index (χ3n) is 1.60. The normalized spacial score (nSPS) is 10.8. The number of halogens is 2. The largest absolute Gasteiger partial charge is 0.369 e. The first-order valence-corrected chi connectivity index (χ1v) is 3.65. The number of pyridine rings is 1. The Labute approximate surface area is 72.6 Å². The molecule has 0 aromatic carbocycles. The monoisotopic (exact) mass is 185 g/mol. The number of nitrogens with two attached hydrogens (primary N) is 1. The highest BCUT2D eigenvalue weighted by Crippen LogP contribution is 2.21. The fourth-order valence-corrected chi connectivity index (χ4v) is 1.35. The third-order valence-corrected chi connectivity index (χ3v) is 1.86. The Morgan fingerprint density at radius 2 is 2.33 bits per heavy atom. The summed E-state index contributed by atoms with van der Waals surface area (Å²) in [5, 5.41) is 0.0885. The summed E-state index contributed by atoms with van der Waals surface area (Å²) >= 11 is 5.63. The zero-order valence-corrected chi connectivity index (χ0v) is 6.72. The first-order valence-electron chi connectivity index (χ1n) is 3.27. The predicted octanol–water partition coefficient (Wildman–Crippen LogP) is 1.71. The standard InChI is InChI=1S/C7H5ClFN3/c8-6-5-4(9)2-1-3-12(5)7(10)11-6/h1-3H,(H2,10,11). The molecule has 12 heavy (non-hydrogen) atoms. The summed E-state index contributed by atoms with van der Waals surface area (Å²) in [6.45, 7) is 0. The van der Waals surface area contributed by atoms with Crippen molar-refractivity contribution in [2.75, 3.05) is 5.73 Å². The zero-order chi connectivity index (χ0) is 8.72. The molecule has 2 aromatic rings. The van der Waals surface area contributed by atoms with Gasteiger partial charge in [-0.15, -0.1) is 0 Å². The molecule has 0 saturated carbocycles. The van der Waals surface area contributed by atoms with E-state index in [9.17, 15) is 4.39 Å². The highest BCUT2D eigenvalue weighted by molar-refractivity contribution is 6.32. The summed E-state index contributed by atoms with van der Waals surface area (Å²) in [6, 6.07) is 2.85. The van der Waals surface area contributed by atoms with E-state index < -0.39 is 5.82 Å². The fourth-order valence-electron chi connectivity index (χ4n) is 1.08. The minimum absolute atomic E-state index is 0.0885. The average Bonchev–Trinajstić information content (AvgIpc) is 2.29. The van der Waals surface area contributed by atoms with Gasteiger partial charge in [0.25, 0.3) is 0 Å². The quantitative estimate of drug-likeness (QED) is 0.679. The number of anilines is 1. The number of imidazole rings is 1. The minimum Gasteiger partial charge on any atom is -0.369 e. The Hall–Kier alpha value is -1.29. The van der Waals surface area contributed by atoms with Crippen molar-refractivity contribution in [3.63, 3.8) is 0 Å². The summed E-state index contributed by atoms with van der Waals surface area (Å²) in [7, 11) is 0. The van der Waals surface area contributed by atoms with E-state index in [1.807, 2.05) is 0 Å². The lowest BCUT2D eigenvalue weighted by atomic mass is 10.4. The van der Waals surface area contributed by atoms with Gasteiger partial charge in [-0.1, -0.05) is 11.6 Å². The first kappa shape index (κ1) is 7.36. The average molecular weight is 186 g/mol. The number of aromatic nitrogens is 2. The molecule has 0 radical (unpaired) electrons. The number of nitrogen functional groups attached to an aromatic ring is 1. The molecule has 0 amide bonds. The van der Waals surface area contributed by atoms with Gasteiger partial charge in [0.15, 0.2) is 11.0 Å². The van der Waals surface area contributed by atoms with Gasteiger partial charge < -0.3 is 5.73 Å². The summed E-state index contributed by atoms with van der Waals surface area (Å²) in [6.07, 6.45) is 1.60. The van der Waals surface area contributed by atoms with Crippen LogP contribution in [0, 0.1) is 5.82 Å². The molecule has 2 rings (SSSR count). The number of nitrogens with zero attached hydrogens (tertiary/aromatic N) is 2. The molecule has 0 fully saturated rings. The Morgan fingerprint density at radius 3 is 3.00 bits per heavy atom. The molecule has 2 heterocycles. The second kappa shape index (κ2) is 2.35. The molecule has 0 atom stereocenters. The number of hydrogen-bond donors (Lipinski definition) is 1. The van der Waals surface area contributed by atoms with Gasteiger partial charge in [0.1, 0.15) is 5.52 Å². The van der Waals surface area contributed by atoms with Crippen molar-refractivity contribution in [3.05, 3.63) is 29.3 Å². The molecule has 0 bridgehead atoms. The van der Waals surface area contributed by atoms with Crippen LogP contribution in [0.15, 0.2) is 18.3 Å². The molecule has 0 aliphatic rings. The molecule has 0 spiro atoms. The van der Waals surface area contributed by atoms with Gasteiger partial charge in [-0.2, -0.15) is 0 Å². The van der Waals surface area contributed by atoms with E-state index in [1.165, 1.54) is 16.5 Å². The Morgan fingerprint density at radius 1 is 1.58 bits per heavy atom. The van der Waals surface area contributed by atoms with E-state index in [1.54, 1.807) is 6.20 Å². The lowest BCUT2D eigenvalue weighted by molar-refractivity contribution is 0.633. The number of rotatable bonds is 0. The molecule has 2 N–H and O–H groups in total. The van der Waals surface area contributed by atoms with Gasteiger partial charge in [0.05, 0.1) is 0 Å². The van der Waals surface area contributed by atoms with Crippen molar-refractivity contribution in [1.29, 1.82) is 0 Å². The van der Waals surface area contributed by atoms with Crippen LogP contribution < -0.4 is 5.73 Å². The molecule has 0 aliphatic heterocycles. The lowest BCUT2D eigenvalue weighted by Crippen LogP contribution is -1.93. The molecule has 3 nitrogen and oxygen atoms in total. The van der Waals surface area contributed by atoms with Crippen LogP contribution in [-0.4, -0.2) is 9.38 Å². The second-order valence-electron chi connectivity index (χ2n) is 2.34. The van der Waals surface area contributed by atoms with Crippen LogP contribution in [0.5, 0.6) is 0 Å². The van der Waals surface area contributed by atoms with E-state index in [0.717, 1.165) is 0 Å². The van der Waals surface area contributed by atoms with Crippen molar-refractivity contribution < 1.29 is 4.39 Å². The maximum absolute atomic E-state index is 13.1. The van der Waals surface area contributed by atoms with E-state index in [-0.39, 0.29) is 16.6 Å². The molecule has 5 heteroatoms. The fraction of sp³-hybridized carbons (Fsp3) is 0. The molecular formula is C7H5ClFN3.